The lowest BCUT2D eigenvalue weighted by molar-refractivity contribution is 0.394. The average Bonchev–Trinajstić information content (AvgIpc) is 2.42. The molecule has 2 nitrogen and oxygen atoms in total. The largest absolute Gasteiger partial charge is 0.313 e. The summed E-state index contributed by atoms with van der Waals surface area (Å²) in [5.74, 6) is 1.00. The zero-order valence-corrected chi connectivity index (χ0v) is 14.6. The van der Waals surface area contributed by atoms with Crippen molar-refractivity contribution in [3.05, 3.63) is 28.2 Å². The topological polar surface area (TPSA) is 29.1 Å². The standard InChI is InChI=1S/C15H23Cl2NOS/c1-4-9-18-14(11(3)5-2)10-20(19)15-12(16)7-6-8-13(15)17/h6-8,11,14,18H,4-5,9-10H2,1-3H3. The van der Waals surface area contributed by atoms with E-state index in [1.807, 2.05) is 0 Å². The molecule has 1 rings (SSSR count). The first-order valence-corrected chi connectivity index (χ1v) is 9.14. The minimum atomic E-state index is -1.19. The highest BCUT2D eigenvalue weighted by Gasteiger charge is 2.21. The van der Waals surface area contributed by atoms with Gasteiger partial charge in [0.25, 0.3) is 0 Å². The Bertz CT molecular complexity index is 433. The van der Waals surface area contributed by atoms with Crippen LogP contribution >= 0.6 is 23.2 Å². The maximum atomic E-state index is 12.6. The molecule has 0 fully saturated rings. The zero-order valence-electron chi connectivity index (χ0n) is 12.3. The fourth-order valence-corrected chi connectivity index (χ4v) is 4.41. The van der Waals surface area contributed by atoms with Crippen LogP contribution in [0.15, 0.2) is 23.1 Å². The molecule has 1 aromatic rings. The number of rotatable bonds is 8. The second-order valence-corrected chi connectivity index (χ2v) is 7.26. The lowest BCUT2D eigenvalue weighted by atomic mass is 10.0. The van der Waals surface area contributed by atoms with Crippen molar-refractivity contribution in [2.75, 3.05) is 12.3 Å². The zero-order chi connectivity index (χ0) is 15.1. The number of halogens is 2. The van der Waals surface area contributed by atoms with Gasteiger partial charge in [-0.05, 0) is 31.0 Å². The molecule has 0 aromatic heterocycles. The fourth-order valence-electron chi connectivity index (χ4n) is 1.99. The first kappa shape index (κ1) is 18.0. The molecular formula is C15H23Cl2NOS. The van der Waals surface area contributed by atoms with Gasteiger partial charge < -0.3 is 5.32 Å². The van der Waals surface area contributed by atoms with E-state index in [0.717, 1.165) is 19.4 Å². The van der Waals surface area contributed by atoms with Gasteiger partial charge in [0, 0.05) is 11.8 Å². The summed E-state index contributed by atoms with van der Waals surface area (Å²) in [6, 6.07) is 5.46. The van der Waals surface area contributed by atoms with Gasteiger partial charge in [-0.1, -0.05) is 56.5 Å². The number of hydrogen-bond donors (Lipinski definition) is 1. The Hall–Kier alpha value is -0.0900. The van der Waals surface area contributed by atoms with Crippen molar-refractivity contribution >= 4 is 34.0 Å². The van der Waals surface area contributed by atoms with Gasteiger partial charge in [-0.3, -0.25) is 4.21 Å². The molecule has 0 aliphatic carbocycles. The summed E-state index contributed by atoms with van der Waals surface area (Å²) in [5.41, 5.74) is 0. The van der Waals surface area contributed by atoms with Gasteiger partial charge in [0.2, 0.25) is 0 Å². The van der Waals surface area contributed by atoms with Crippen molar-refractivity contribution in [2.24, 2.45) is 5.92 Å². The van der Waals surface area contributed by atoms with Crippen LogP contribution in [0.25, 0.3) is 0 Å². The van der Waals surface area contributed by atoms with Crippen LogP contribution in [0.4, 0.5) is 0 Å². The minimum Gasteiger partial charge on any atom is -0.313 e. The molecule has 0 amide bonds. The Morgan fingerprint density at radius 1 is 1.25 bits per heavy atom. The highest BCUT2D eigenvalue weighted by molar-refractivity contribution is 7.85. The van der Waals surface area contributed by atoms with E-state index in [1.54, 1.807) is 18.2 Å². The molecule has 0 heterocycles. The van der Waals surface area contributed by atoms with Gasteiger partial charge in [-0.2, -0.15) is 0 Å². The second kappa shape index (κ2) is 9.04. The average molecular weight is 336 g/mol. The van der Waals surface area contributed by atoms with E-state index in [2.05, 4.69) is 26.1 Å². The normalized spacial score (nSPS) is 15.8. The van der Waals surface area contributed by atoms with Gasteiger partial charge in [-0.15, -0.1) is 0 Å². The maximum Gasteiger partial charge on any atom is 0.0760 e. The molecular weight excluding hydrogens is 313 g/mol. The summed E-state index contributed by atoms with van der Waals surface area (Å²) in [5, 5.41) is 4.44. The van der Waals surface area contributed by atoms with Crippen LogP contribution in [-0.4, -0.2) is 22.5 Å². The lowest BCUT2D eigenvalue weighted by Crippen LogP contribution is -2.39. The van der Waals surface area contributed by atoms with Crippen LogP contribution in [0.1, 0.15) is 33.6 Å². The summed E-state index contributed by atoms with van der Waals surface area (Å²) in [6.07, 6.45) is 2.11. The number of hydrogen-bond acceptors (Lipinski definition) is 2. The van der Waals surface area contributed by atoms with E-state index < -0.39 is 10.8 Å². The predicted molar refractivity (Wildman–Crippen MR) is 89.3 cm³/mol. The van der Waals surface area contributed by atoms with Crippen molar-refractivity contribution in [3.8, 4) is 0 Å². The molecule has 0 saturated carbocycles. The molecule has 0 radical (unpaired) electrons. The SMILES string of the molecule is CCCNC(CS(=O)c1c(Cl)cccc1Cl)C(C)CC. The smallest absolute Gasteiger partial charge is 0.0760 e. The van der Waals surface area contributed by atoms with Gasteiger partial charge in [0.1, 0.15) is 0 Å². The Kier molecular flexibility index (Phi) is 8.11. The summed E-state index contributed by atoms with van der Waals surface area (Å²) >= 11 is 12.3. The van der Waals surface area contributed by atoms with E-state index in [1.165, 1.54) is 0 Å². The van der Waals surface area contributed by atoms with Gasteiger partial charge in [-0.25, -0.2) is 0 Å². The molecule has 114 valence electrons. The van der Waals surface area contributed by atoms with Crippen LogP contribution in [-0.2, 0) is 10.8 Å². The molecule has 0 bridgehead atoms. The second-order valence-electron chi connectivity index (χ2n) is 5.01. The van der Waals surface area contributed by atoms with Crippen molar-refractivity contribution < 1.29 is 4.21 Å². The maximum absolute atomic E-state index is 12.6. The summed E-state index contributed by atoms with van der Waals surface area (Å²) in [6.45, 7) is 7.39. The van der Waals surface area contributed by atoms with E-state index in [4.69, 9.17) is 23.2 Å². The quantitative estimate of drug-likeness (QED) is 0.756. The molecule has 0 aliphatic rings. The molecule has 20 heavy (non-hydrogen) atoms. The lowest BCUT2D eigenvalue weighted by Gasteiger charge is -2.24. The van der Waals surface area contributed by atoms with Crippen LogP contribution in [0, 0.1) is 5.92 Å². The molecule has 0 spiro atoms. The molecule has 1 aromatic carbocycles. The monoisotopic (exact) mass is 335 g/mol. The van der Waals surface area contributed by atoms with Crippen molar-refractivity contribution in [1.29, 1.82) is 0 Å². The molecule has 1 N–H and O–H groups in total. The summed E-state index contributed by atoms with van der Waals surface area (Å²) < 4.78 is 12.6. The van der Waals surface area contributed by atoms with E-state index in [9.17, 15) is 4.21 Å². The van der Waals surface area contributed by atoms with Crippen molar-refractivity contribution in [2.45, 2.75) is 44.6 Å². The third-order valence-electron chi connectivity index (χ3n) is 3.46. The minimum absolute atomic E-state index is 0.216. The first-order chi connectivity index (χ1) is 9.51. The Labute approximate surface area is 134 Å². The van der Waals surface area contributed by atoms with Crippen LogP contribution < -0.4 is 5.32 Å². The predicted octanol–water partition coefficient (Wildman–Crippen LogP) is 4.52. The highest BCUT2D eigenvalue weighted by atomic mass is 35.5. The Morgan fingerprint density at radius 3 is 2.35 bits per heavy atom. The van der Waals surface area contributed by atoms with Crippen LogP contribution in [0.3, 0.4) is 0 Å². The number of nitrogens with one attached hydrogen (secondary N) is 1. The molecule has 0 aliphatic heterocycles. The van der Waals surface area contributed by atoms with Gasteiger partial charge >= 0.3 is 0 Å². The third-order valence-corrected chi connectivity index (χ3v) is 5.88. The van der Waals surface area contributed by atoms with Crippen molar-refractivity contribution in [3.63, 3.8) is 0 Å². The molecule has 5 heteroatoms. The van der Waals surface area contributed by atoms with Gasteiger partial charge in [0.05, 0.1) is 25.7 Å². The van der Waals surface area contributed by atoms with Crippen LogP contribution in [0.2, 0.25) is 10.0 Å². The first-order valence-electron chi connectivity index (χ1n) is 7.07. The number of benzene rings is 1. The fraction of sp³-hybridized carbons (Fsp3) is 0.600. The Morgan fingerprint density at radius 2 is 1.85 bits per heavy atom. The summed E-state index contributed by atoms with van der Waals surface area (Å²) in [7, 11) is -1.19. The molecule has 0 saturated heterocycles. The highest BCUT2D eigenvalue weighted by Crippen LogP contribution is 2.28. The summed E-state index contributed by atoms with van der Waals surface area (Å²) in [4.78, 5) is 0.558. The Balaban J connectivity index is 2.84. The molecule has 3 unspecified atom stereocenters. The third kappa shape index (κ3) is 5.03. The van der Waals surface area contributed by atoms with Crippen molar-refractivity contribution in [1.82, 2.24) is 5.32 Å². The van der Waals surface area contributed by atoms with Gasteiger partial charge in [0.15, 0.2) is 0 Å². The van der Waals surface area contributed by atoms with E-state index in [-0.39, 0.29) is 6.04 Å². The van der Waals surface area contributed by atoms with E-state index in [0.29, 0.717) is 26.6 Å². The van der Waals surface area contributed by atoms with E-state index >= 15 is 0 Å². The molecule has 3 atom stereocenters. The van der Waals surface area contributed by atoms with Crippen LogP contribution in [0.5, 0.6) is 0 Å².